The number of carbonyl (C=O) groups is 1. The van der Waals surface area contributed by atoms with Gasteiger partial charge in [-0.15, -0.1) is 0 Å². The van der Waals surface area contributed by atoms with Crippen molar-refractivity contribution in [1.29, 1.82) is 0 Å². The van der Waals surface area contributed by atoms with Gasteiger partial charge in [-0.2, -0.15) is 0 Å². The quantitative estimate of drug-likeness (QED) is 0.584. The van der Waals surface area contributed by atoms with E-state index in [-0.39, 0.29) is 11.8 Å². The number of fused-ring (bicyclic) bond motifs is 1. The van der Waals surface area contributed by atoms with E-state index in [2.05, 4.69) is 4.98 Å². The minimum atomic E-state index is -0.297. The maximum atomic E-state index is 11.4. The molecule has 0 fully saturated rings. The van der Waals surface area contributed by atoms with Gasteiger partial charge < -0.3 is 5.73 Å². The number of hydrogen-bond donors (Lipinski definition) is 1. The first-order valence-electron chi connectivity index (χ1n) is 4.48. The number of carbonyl (C=O) groups excluding carboxylic acids is 1. The van der Waals surface area contributed by atoms with Crippen LogP contribution in [0.3, 0.4) is 0 Å². The highest BCUT2D eigenvalue weighted by Crippen LogP contribution is 2.15. The fourth-order valence-electron chi connectivity index (χ4n) is 1.63. The van der Waals surface area contributed by atoms with Gasteiger partial charge >= 0.3 is 0 Å². The molecule has 3 nitrogen and oxygen atoms in total. The lowest BCUT2D eigenvalue weighted by Crippen LogP contribution is -2.30. The predicted octanol–water partition coefficient (Wildman–Crippen LogP) is 0.467. The van der Waals surface area contributed by atoms with E-state index < -0.39 is 0 Å². The first kappa shape index (κ1) is 8.38. The van der Waals surface area contributed by atoms with E-state index in [9.17, 15) is 4.79 Å². The highest BCUT2D eigenvalue weighted by Gasteiger charge is 2.20. The van der Waals surface area contributed by atoms with Crippen molar-refractivity contribution < 1.29 is 4.79 Å². The van der Waals surface area contributed by atoms with E-state index in [0.29, 0.717) is 6.42 Å². The average molecular weight is 176 g/mol. The van der Waals surface area contributed by atoms with Crippen molar-refractivity contribution in [3.8, 4) is 0 Å². The molecule has 3 heteroatoms. The van der Waals surface area contributed by atoms with Crippen LogP contribution in [0.4, 0.5) is 0 Å². The maximum absolute atomic E-state index is 11.4. The topological polar surface area (TPSA) is 56.0 Å². The zero-order valence-electron chi connectivity index (χ0n) is 7.36. The van der Waals surface area contributed by atoms with E-state index in [0.717, 1.165) is 18.5 Å². The third kappa shape index (κ3) is 1.60. The molecule has 1 heterocycles. The number of ketones is 1. The molecule has 0 radical (unpaired) electrons. The van der Waals surface area contributed by atoms with Gasteiger partial charge in [-0.3, -0.25) is 9.78 Å². The summed E-state index contributed by atoms with van der Waals surface area (Å²) in [6, 6.07) is 3.63. The standard InChI is InChI=1S/C10H12N2O/c11-8-4-3-7-2-1-5-12-9(7)6-10(8)13/h1-2,5,8H,3-4,6,11H2/t8-/m0/s1. The van der Waals surface area contributed by atoms with Crippen molar-refractivity contribution in [2.45, 2.75) is 25.3 Å². The summed E-state index contributed by atoms with van der Waals surface area (Å²) in [5.41, 5.74) is 7.75. The van der Waals surface area contributed by atoms with E-state index in [1.165, 1.54) is 5.56 Å². The lowest BCUT2D eigenvalue weighted by molar-refractivity contribution is -0.119. The van der Waals surface area contributed by atoms with Gasteiger partial charge in [0.2, 0.25) is 0 Å². The second kappa shape index (κ2) is 3.26. The maximum Gasteiger partial charge on any atom is 0.155 e. The molecule has 13 heavy (non-hydrogen) atoms. The molecule has 1 atom stereocenters. The number of nitrogens with zero attached hydrogens (tertiary/aromatic N) is 1. The van der Waals surface area contributed by atoms with Crippen LogP contribution in [-0.2, 0) is 17.6 Å². The molecule has 0 saturated heterocycles. The SMILES string of the molecule is N[C@H]1CCc2cccnc2CC1=O. The summed E-state index contributed by atoms with van der Waals surface area (Å²) in [5.74, 6) is 0.109. The Kier molecular flexibility index (Phi) is 2.10. The van der Waals surface area contributed by atoms with Crippen LogP contribution in [0.2, 0.25) is 0 Å². The molecule has 1 aromatic heterocycles. The van der Waals surface area contributed by atoms with Gasteiger partial charge in [0.05, 0.1) is 18.2 Å². The molecule has 0 saturated carbocycles. The highest BCUT2D eigenvalue weighted by atomic mass is 16.1. The summed E-state index contributed by atoms with van der Waals surface area (Å²) in [7, 11) is 0. The summed E-state index contributed by atoms with van der Waals surface area (Å²) in [6.07, 6.45) is 3.74. The van der Waals surface area contributed by atoms with Crippen molar-refractivity contribution in [3.05, 3.63) is 29.6 Å². The molecule has 2 N–H and O–H groups in total. The van der Waals surface area contributed by atoms with E-state index in [1.54, 1.807) is 6.20 Å². The number of pyridine rings is 1. The molecule has 0 aliphatic heterocycles. The Bertz CT molecular complexity index is 335. The number of hydrogen-bond acceptors (Lipinski definition) is 3. The smallest absolute Gasteiger partial charge is 0.155 e. The van der Waals surface area contributed by atoms with Crippen molar-refractivity contribution in [2.75, 3.05) is 0 Å². The van der Waals surface area contributed by atoms with Crippen molar-refractivity contribution in [2.24, 2.45) is 5.73 Å². The Balaban J connectivity index is 2.35. The Labute approximate surface area is 77.0 Å². The van der Waals surface area contributed by atoms with Crippen LogP contribution in [0.15, 0.2) is 18.3 Å². The zero-order valence-corrected chi connectivity index (χ0v) is 7.36. The fraction of sp³-hybridized carbons (Fsp3) is 0.400. The third-order valence-corrected chi connectivity index (χ3v) is 2.46. The van der Waals surface area contributed by atoms with Crippen LogP contribution in [0.5, 0.6) is 0 Å². The second-order valence-electron chi connectivity index (χ2n) is 3.40. The van der Waals surface area contributed by atoms with Gasteiger partial charge in [-0.25, -0.2) is 0 Å². The summed E-state index contributed by atoms with van der Waals surface area (Å²) < 4.78 is 0. The lowest BCUT2D eigenvalue weighted by Gasteiger charge is -2.02. The largest absolute Gasteiger partial charge is 0.321 e. The Morgan fingerprint density at radius 2 is 2.38 bits per heavy atom. The summed E-state index contributed by atoms with van der Waals surface area (Å²) >= 11 is 0. The molecule has 0 amide bonds. The van der Waals surface area contributed by atoms with Crippen LogP contribution >= 0.6 is 0 Å². The van der Waals surface area contributed by atoms with Gasteiger partial charge in [0, 0.05) is 6.20 Å². The number of Topliss-reactive ketones (excluding diaryl/α,β-unsaturated/α-hetero) is 1. The highest BCUT2D eigenvalue weighted by molar-refractivity contribution is 5.86. The molecular weight excluding hydrogens is 164 g/mol. The van der Waals surface area contributed by atoms with Crippen LogP contribution in [0, 0.1) is 0 Å². The molecule has 0 unspecified atom stereocenters. The Morgan fingerprint density at radius 3 is 3.23 bits per heavy atom. The van der Waals surface area contributed by atoms with Gasteiger partial charge in [0.15, 0.2) is 5.78 Å². The van der Waals surface area contributed by atoms with Gasteiger partial charge in [-0.1, -0.05) is 6.07 Å². The fourth-order valence-corrected chi connectivity index (χ4v) is 1.63. The first-order chi connectivity index (χ1) is 6.27. The Morgan fingerprint density at radius 1 is 1.54 bits per heavy atom. The van der Waals surface area contributed by atoms with Crippen LogP contribution in [-0.4, -0.2) is 16.8 Å². The molecule has 68 valence electrons. The normalized spacial score (nSPS) is 22.2. The number of rotatable bonds is 0. The molecule has 2 rings (SSSR count). The third-order valence-electron chi connectivity index (χ3n) is 2.46. The predicted molar refractivity (Wildman–Crippen MR) is 49.2 cm³/mol. The molecule has 1 aromatic rings. The minimum absolute atomic E-state index is 0.109. The number of nitrogens with two attached hydrogens (primary N) is 1. The van der Waals surface area contributed by atoms with Gasteiger partial charge in [-0.05, 0) is 24.5 Å². The molecule has 0 bridgehead atoms. The molecular formula is C10H12N2O. The lowest BCUT2D eigenvalue weighted by atomic mass is 10.1. The monoisotopic (exact) mass is 176 g/mol. The van der Waals surface area contributed by atoms with Crippen LogP contribution in [0.1, 0.15) is 17.7 Å². The van der Waals surface area contributed by atoms with Crippen LogP contribution < -0.4 is 5.73 Å². The molecule has 0 spiro atoms. The summed E-state index contributed by atoms with van der Waals surface area (Å²) in [5, 5.41) is 0. The van der Waals surface area contributed by atoms with E-state index in [4.69, 9.17) is 5.73 Å². The average Bonchev–Trinajstić information content (AvgIpc) is 2.28. The Hall–Kier alpha value is -1.22. The van der Waals surface area contributed by atoms with Crippen molar-refractivity contribution in [3.63, 3.8) is 0 Å². The molecule has 0 aromatic carbocycles. The number of aryl methyl sites for hydroxylation is 1. The van der Waals surface area contributed by atoms with Crippen LogP contribution in [0.25, 0.3) is 0 Å². The van der Waals surface area contributed by atoms with Crippen molar-refractivity contribution >= 4 is 5.78 Å². The summed E-state index contributed by atoms with van der Waals surface area (Å²) in [4.78, 5) is 15.6. The zero-order chi connectivity index (χ0) is 9.26. The first-order valence-corrected chi connectivity index (χ1v) is 4.48. The van der Waals surface area contributed by atoms with Gasteiger partial charge in [0.1, 0.15) is 0 Å². The molecule has 1 aliphatic carbocycles. The minimum Gasteiger partial charge on any atom is -0.321 e. The second-order valence-corrected chi connectivity index (χ2v) is 3.40. The molecule has 1 aliphatic rings. The van der Waals surface area contributed by atoms with E-state index in [1.807, 2.05) is 12.1 Å². The summed E-state index contributed by atoms with van der Waals surface area (Å²) in [6.45, 7) is 0. The number of aromatic nitrogens is 1. The van der Waals surface area contributed by atoms with E-state index >= 15 is 0 Å². The van der Waals surface area contributed by atoms with Gasteiger partial charge in [0.25, 0.3) is 0 Å². The van der Waals surface area contributed by atoms with Crippen molar-refractivity contribution in [1.82, 2.24) is 4.98 Å².